The summed E-state index contributed by atoms with van der Waals surface area (Å²) in [4.78, 5) is 4.42. The van der Waals surface area contributed by atoms with Crippen LogP contribution in [0.15, 0.2) is 12.1 Å². The molecule has 0 radical (unpaired) electrons. The van der Waals surface area contributed by atoms with Crippen molar-refractivity contribution >= 4 is 5.69 Å². The molecule has 4 heteroatoms. The van der Waals surface area contributed by atoms with E-state index in [2.05, 4.69) is 50.1 Å². The van der Waals surface area contributed by atoms with Gasteiger partial charge in [-0.25, -0.2) is 4.39 Å². The van der Waals surface area contributed by atoms with E-state index in [1.807, 2.05) is 13.0 Å². The van der Waals surface area contributed by atoms with Gasteiger partial charge in [-0.1, -0.05) is 6.92 Å². The van der Waals surface area contributed by atoms with E-state index >= 15 is 0 Å². The highest BCUT2D eigenvalue weighted by molar-refractivity contribution is 5.56. The number of hydrogen-bond acceptors (Lipinski definition) is 3. The Labute approximate surface area is 129 Å². The molecule has 1 rings (SSSR count). The molecule has 0 heterocycles. The van der Waals surface area contributed by atoms with E-state index in [0.717, 1.165) is 37.3 Å². The van der Waals surface area contributed by atoms with Gasteiger partial charge in [-0.05, 0) is 70.7 Å². The summed E-state index contributed by atoms with van der Waals surface area (Å²) in [5.74, 6) is -0.125. The van der Waals surface area contributed by atoms with Crippen LogP contribution < -0.4 is 10.2 Å². The van der Waals surface area contributed by atoms with Gasteiger partial charge in [0, 0.05) is 25.3 Å². The maximum Gasteiger partial charge on any atom is 0.126 e. The molecule has 0 fully saturated rings. The maximum atomic E-state index is 13.9. The first-order valence-electron chi connectivity index (χ1n) is 7.76. The lowest BCUT2D eigenvalue weighted by Gasteiger charge is -2.27. The quantitative estimate of drug-likeness (QED) is 0.794. The minimum atomic E-state index is -0.125. The summed E-state index contributed by atoms with van der Waals surface area (Å²) >= 11 is 0. The van der Waals surface area contributed by atoms with Gasteiger partial charge in [0.25, 0.3) is 0 Å². The van der Waals surface area contributed by atoms with Gasteiger partial charge in [0.05, 0.1) is 0 Å². The minimum Gasteiger partial charge on any atom is -0.374 e. The molecular weight excluding hydrogens is 265 g/mol. The van der Waals surface area contributed by atoms with Crippen LogP contribution in [0.4, 0.5) is 10.1 Å². The number of anilines is 1. The number of aryl methyl sites for hydroxylation is 1. The number of halogens is 1. The molecule has 0 bridgehead atoms. The summed E-state index contributed by atoms with van der Waals surface area (Å²) in [7, 11) is 6.26. The highest BCUT2D eigenvalue weighted by Gasteiger charge is 2.15. The molecule has 1 atom stereocenters. The number of rotatable bonds is 8. The molecule has 0 aliphatic carbocycles. The third-order valence-corrected chi connectivity index (χ3v) is 3.79. The van der Waals surface area contributed by atoms with Gasteiger partial charge in [0.15, 0.2) is 0 Å². The molecule has 1 aromatic carbocycles. The van der Waals surface area contributed by atoms with Crippen molar-refractivity contribution in [3.63, 3.8) is 0 Å². The van der Waals surface area contributed by atoms with Crippen LogP contribution in [0.3, 0.4) is 0 Å². The van der Waals surface area contributed by atoms with Gasteiger partial charge in [-0.3, -0.25) is 0 Å². The van der Waals surface area contributed by atoms with Crippen LogP contribution in [0.1, 0.15) is 37.4 Å². The molecule has 1 aromatic rings. The van der Waals surface area contributed by atoms with Crippen molar-refractivity contribution in [1.29, 1.82) is 0 Å². The minimum absolute atomic E-state index is 0.125. The van der Waals surface area contributed by atoms with Crippen molar-refractivity contribution in [1.82, 2.24) is 10.2 Å². The van der Waals surface area contributed by atoms with Crippen LogP contribution in [-0.4, -0.2) is 45.7 Å². The molecule has 0 amide bonds. The molecule has 120 valence electrons. The second-order valence-corrected chi connectivity index (χ2v) is 6.02. The van der Waals surface area contributed by atoms with E-state index in [4.69, 9.17) is 0 Å². The summed E-state index contributed by atoms with van der Waals surface area (Å²) in [6, 6.07) is 3.80. The van der Waals surface area contributed by atoms with Crippen molar-refractivity contribution < 1.29 is 4.39 Å². The zero-order valence-corrected chi connectivity index (χ0v) is 14.3. The Morgan fingerprint density at radius 3 is 2.43 bits per heavy atom. The molecule has 3 nitrogen and oxygen atoms in total. The molecule has 0 aromatic heterocycles. The van der Waals surface area contributed by atoms with Gasteiger partial charge in [-0.15, -0.1) is 0 Å². The van der Waals surface area contributed by atoms with Crippen molar-refractivity contribution in [2.45, 2.75) is 33.2 Å². The Bertz CT molecular complexity index is 446. The molecule has 1 N–H and O–H groups in total. The molecule has 1 unspecified atom stereocenters. The highest BCUT2D eigenvalue weighted by atomic mass is 19.1. The van der Waals surface area contributed by atoms with Crippen LogP contribution in [0.2, 0.25) is 0 Å². The van der Waals surface area contributed by atoms with E-state index in [9.17, 15) is 4.39 Å². The van der Waals surface area contributed by atoms with Crippen LogP contribution >= 0.6 is 0 Å². The van der Waals surface area contributed by atoms with Gasteiger partial charge < -0.3 is 15.1 Å². The third-order valence-electron chi connectivity index (χ3n) is 3.79. The van der Waals surface area contributed by atoms with Crippen LogP contribution in [0, 0.1) is 12.7 Å². The summed E-state index contributed by atoms with van der Waals surface area (Å²) in [5, 5.41) is 3.38. The average molecular weight is 295 g/mol. The van der Waals surface area contributed by atoms with Gasteiger partial charge in [0.2, 0.25) is 0 Å². The van der Waals surface area contributed by atoms with E-state index in [1.54, 1.807) is 6.07 Å². The normalized spacial score (nSPS) is 12.8. The first-order valence-corrected chi connectivity index (χ1v) is 7.76. The van der Waals surface area contributed by atoms with Crippen molar-refractivity contribution in [2.24, 2.45) is 0 Å². The Hall–Kier alpha value is -1.13. The Morgan fingerprint density at radius 2 is 1.86 bits per heavy atom. The SMILES string of the molecule is CCNC(C)c1cc(F)c(C)cc1N(C)CCCN(C)C. The van der Waals surface area contributed by atoms with Gasteiger partial charge in [0.1, 0.15) is 5.82 Å². The molecule has 0 saturated carbocycles. The second kappa shape index (κ2) is 8.35. The van der Waals surface area contributed by atoms with Crippen molar-refractivity contribution in [3.8, 4) is 0 Å². The summed E-state index contributed by atoms with van der Waals surface area (Å²) < 4.78 is 13.9. The van der Waals surface area contributed by atoms with Crippen LogP contribution in [-0.2, 0) is 0 Å². The fraction of sp³-hybridized carbons (Fsp3) is 0.647. The van der Waals surface area contributed by atoms with Gasteiger partial charge in [-0.2, -0.15) is 0 Å². The zero-order valence-electron chi connectivity index (χ0n) is 14.3. The molecule has 0 saturated heterocycles. The number of hydrogen-bond donors (Lipinski definition) is 1. The topological polar surface area (TPSA) is 18.5 Å². The zero-order chi connectivity index (χ0) is 16.0. The average Bonchev–Trinajstić information content (AvgIpc) is 2.41. The van der Waals surface area contributed by atoms with Crippen molar-refractivity contribution in [3.05, 3.63) is 29.1 Å². The predicted molar refractivity (Wildman–Crippen MR) is 89.7 cm³/mol. The van der Waals surface area contributed by atoms with Crippen LogP contribution in [0.25, 0.3) is 0 Å². The van der Waals surface area contributed by atoms with E-state index in [1.165, 1.54) is 0 Å². The lowest BCUT2D eigenvalue weighted by Crippen LogP contribution is -2.26. The van der Waals surface area contributed by atoms with Crippen LogP contribution in [0.5, 0.6) is 0 Å². The lowest BCUT2D eigenvalue weighted by molar-refractivity contribution is 0.401. The second-order valence-electron chi connectivity index (χ2n) is 6.02. The molecular formula is C17H30FN3. The van der Waals surface area contributed by atoms with E-state index in [0.29, 0.717) is 5.56 Å². The van der Waals surface area contributed by atoms with E-state index in [-0.39, 0.29) is 11.9 Å². The fourth-order valence-corrected chi connectivity index (χ4v) is 2.52. The van der Waals surface area contributed by atoms with E-state index < -0.39 is 0 Å². The Kier molecular flexibility index (Phi) is 7.12. The summed E-state index contributed by atoms with van der Waals surface area (Å²) in [6.45, 7) is 8.89. The molecule has 21 heavy (non-hydrogen) atoms. The smallest absolute Gasteiger partial charge is 0.126 e. The summed E-state index contributed by atoms with van der Waals surface area (Å²) in [5.41, 5.74) is 2.87. The summed E-state index contributed by atoms with van der Waals surface area (Å²) in [6.07, 6.45) is 1.09. The van der Waals surface area contributed by atoms with Gasteiger partial charge >= 0.3 is 0 Å². The first kappa shape index (κ1) is 17.9. The Morgan fingerprint density at radius 1 is 1.19 bits per heavy atom. The standard InChI is InChI=1S/C17H30FN3/c1-7-19-14(3)15-12-16(18)13(2)11-17(15)21(6)10-8-9-20(4)5/h11-12,14,19H,7-10H2,1-6H3. The number of benzene rings is 1. The maximum absolute atomic E-state index is 13.9. The fourth-order valence-electron chi connectivity index (χ4n) is 2.52. The third kappa shape index (κ3) is 5.29. The molecule has 0 aliphatic heterocycles. The monoisotopic (exact) mass is 295 g/mol. The highest BCUT2D eigenvalue weighted by Crippen LogP contribution is 2.28. The predicted octanol–water partition coefficient (Wildman–Crippen LogP) is 3.19. The number of nitrogens with zero attached hydrogens (tertiary/aromatic N) is 2. The lowest BCUT2D eigenvalue weighted by atomic mass is 10.0. The largest absolute Gasteiger partial charge is 0.374 e. The Balaban J connectivity index is 2.94. The first-order chi connectivity index (χ1) is 9.86. The van der Waals surface area contributed by atoms with Crippen molar-refractivity contribution in [2.75, 3.05) is 45.7 Å². The number of nitrogens with one attached hydrogen (secondary N) is 1. The molecule has 0 spiro atoms. The molecule has 0 aliphatic rings.